The number of carbonyl (C=O) groups is 1. The van der Waals surface area contributed by atoms with Crippen molar-refractivity contribution in [3.63, 3.8) is 0 Å². The van der Waals surface area contributed by atoms with E-state index >= 15 is 0 Å². The normalized spacial score (nSPS) is 16.6. The number of carbonyl (C=O) groups excluding carboxylic acids is 1. The van der Waals surface area contributed by atoms with Crippen molar-refractivity contribution in [3.05, 3.63) is 35.7 Å². The Morgan fingerprint density at radius 3 is 3.12 bits per heavy atom. The van der Waals surface area contributed by atoms with Gasteiger partial charge < -0.3 is 19.4 Å². The summed E-state index contributed by atoms with van der Waals surface area (Å²) in [5.41, 5.74) is 1.14. The van der Waals surface area contributed by atoms with Crippen LogP contribution in [0.4, 0.5) is 0 Å². The minimum atomic E-state index is -0.0222. The van der Waals surface area contributed by atoms with Gasteiger partial charge in [-0.2, -0.15) is 0 Å². The average Bonchev–Trinajstić information content (AvgIpc) is 3.27. The molecule has 1 aromatic carbocycles. The molecule has 0 unspecified atom stereocenters. The summed E-state index contributed by atoms with van der Waals surface area (Å²) in [7, 11) is 1.88. The third-order valence-corrected chi connectivity index (χ3v) is 5.19. The Labute approximate surface area is 157 Å². The molecule has 0 saturated carbocycles. The molecule has 2 heterocycles. The second-order valence-corrected chi connectivity index (χ2v) is 7.23. The van der Waals surface area contributed by atoms with Crippen LogP contribution in [0.3, 0.4) is 0 Å². The van der Waals surface area contributed by atoms with Crippen LogP contribution in [-0.4, -0.2) is 45.7 Å². The van der Waals surface area contributed by atoms with Crippen LogP contribution in [0, 0.1) is 6.92 Å². The Bertz CT molecular complexity index is 744. The number of nitrogens with zero attached hydrogens (tertiary/aromatic N) is 3. The second kappa shape index (κ2) is 9.05. The molecule has 1 aliphatic rings. The maximum absolute atomic E-state index is 12.0. The lowest BCUT2D eigenvalue weighted by molar-refractivity contribution is -0.119. The Morgan fingerprint density at radius 2 is 2.35 bits per heavy atom. The molecule has 0 spiro atoms. The third-order valence-electron chi connectivity index (χ3n) is 4.17. The van der Waals surface area contributed by atoms with Crippen molar-refractivity contribution in [2.45, 2.75) is 37.6 Å². The number of aromatic nitrogens is 3. The van der Waals surface area contributed by atoms with Gasteiger partial charge in [-0.15, -0.1) is 10.2 Å². The maximum Gasteiger partial charge on any atom is 0.230 e. The van der Waals surface area contributed by atoms with E-state index in [0.717, 1.165) is 30.8 Å². The summed E-state index contributed by atoms with van der Waals surface area (Å²) in [5.74, 6) is 1.80. The van der Waals surface area contributed by atoms with Gasteiger partial charge in [0.05, 0.1) is 11.9 Å². The lowest BCUT2D eigenvalue weighted by Gasteiger charge is -2.10. The van der Waals surface area contributed by atoms with E-state index < -0.39 is 0 Å². The number of rotatable bonds is 8. The van der Waals surface area contributed by atoms with Crippen molar-refractivity contribution in [3.8, 4) is 5.75 Å². The minimum absolute atomic E-state index is 0.0222. The summed E-state index contributed by atoms with van der Waals surface area (Å²) >= 11 is 1.36. The van der Waals surface area contributed by atoms with E-state index in [1.165, 1.54) is 11.8 Å². The number of amides is 1. The Balaban J connectivity index is 1.45. The molecule has 1 amide bonds. The SMILES string of the molecule is Cc1cccc(OCc2nnc(SCC(=O)NC[C@H]3CCCO3)n2C)c1. The van der Waals surface area contributed by atoms with Crippen molar-refractivity contribution in [1.82, 2.24) is 20.1 Å². The predicted molar refractivity (Wildman–Crippen MR) is 99.2 cm³/mol. The van der Waals surface area contributed by atoms with Crippen LogP contribution in [0.15, 0.2) is 29.4 Å². The Hall–Kier alpha value is -2.06. The molecule has 26 heavy (non-hydrogen) atoms. The zero-order valence-corrected chi connectivity index (χ0v) is 15.9. The van der Waals surface area contributed by atoms with Crippen molar-refractivity contribution >= 4 is 17.7 Å². The van der Waals surface area contributed by atoms with Crippen LogP contribution >= 0.6 is 11.8 Å². The lowest BCUT2D eigenvalue weighted by Crippen LogP contribution is -2.32. The number of benzene rings is 1. The fraction of sp³-hybridized carbons (Fsp3) is 0.500. The Morgan fingerprint density at radius 1 is 1.46 bits per heavy atom. The monoisotopic (exact) mass is 376 g/mol. The van der Waals surface area contributed by atoms with Gasteiger partial charge in [0, 0.05) is 20.2 Å². The fourth-order valence-corrected chi connectivity index (χ4v) is 3.42. The number of thioether (sulfide) groups is 1. The largest absolute Gasteiger partial charge is 0.486 e. The van der Waals surface area contributed by atoms with Crippen LogP contribution in [0.25, 0.3) is 0 Å². The smallest absolute Gasteiger partial charge is 0.230 e. The summed E-state index contributed by atoms with van der Waals surface area (Å²) in [6, 6.07) is 7.87. The molecule has 1 fully saturated rings. The predicted octanol–water partition coefficient (Wildman–Crippen LogP) is 2.09. The quantitative estimate of drug-likeness (QED) is 0.711. The van der Waals surface area contributed by atoms with E-state index in [-0.39, 0.29) is 12.0 Å². The molecular formula is C18H24N4O3S. The third kappa shape index (κ3) is 5.22. The summed E-state index contributed by atoms with van der Waals surface area (Å²) in [6.45, 7) is 3.72. The van der Waals surface area contributed by atoms with Gasteiger partial charge in [0.25, 0.3) is 0 Å². The molecule has 1 aliphatic heterocycles. The first-order valence-corrected chi connectivity index (χ1v) is 9.69. The molecule has 1 saturated heterocycles. The summed E-state index contributed by atoms with van der Waals surface area (Å²) in [4.78, 5) is 12.0. The average molecular weight is 376 g/mol. The highest BCUT2D eigenvalue weighted by molar-refractivity contribution is 7.99. The maximum atomic E-state index is 12.0. The van der Waals surface area contributed by atoms with Gasteiger partial charge >= 0.3 is 0 Å². The van der Waals surface area contributed by atoms with Crippen molar-refractivity contribution < 1.29 is 14.3 Å². The van der Waals surface area contributed by atoms with Crippen LogP contribution in [0.2, 0.25) is 0 Å². The van der Waals surface area contributed by atoms with Gasteiger partial charge in [-0.25, -0.2) is 0 Å². The fourth-order valence-electron chi connectivity index (χ4n) is 2.66. The van der Waals surface area contributed by atoms with Gasteiger partial charge in [0.2, 0.25) is 5.91 Å². The zero-order valence-electron chi connectivity index (χ0n) is 15.1. The molecule has 1 atom stereocenters. The molecule has 0 bridgehead atoms. The minimum Gasteiger partial charge on any atom is -0.486 e. The standard InChI is InChI=1S/C18H24N4O3S/c1-13-5-3-6-14(9-13)25-11-16-20-21-18(22(16)2)26-12-17(23)19-10-15-7-4-8-24-15/h3,5-6,9,15H,4,7-8,10-12H2,1-2H3,(H,19,23)/t15-/m1/s1. The first-order chi connectivity index (χ1) is 12.6. The van der Waals surface area contributed by atoms with Gasteiger partial charge in [-0.3, -0.25) is 4.79 Å². The number of ether oxygens (including phenoxy) is 2. The number of hydrogen-bond acceptors (Lipinski definition) is 6. The number of hydrogen-bond donors (Lipinski definition) is 1. The van der Waals surface area contributed by atoms with E-state index in [1.54, 1.807) is 0 Å². The molecule has 1 aromatic heterocycles. The molecule has 140 valence electrons. The first-order valence-electron chi connectivity index (χ1n) is 8.70. The summed E-state index contributed by atoms with van der Waals surface area (Å²) < 4.78 is 13.1. The molecule has 1 N–H and O–H groups in total. The van der Waals surface area contributed by atoms with Crippen LogP contribution in [-0.2, 0) is 23.2 Å². The van der Waals surface area contributed by atoms with Crippen LogP contribution < -0.4 is 10.1 Å². The van der Waals surface area contributed by atoms with Gasteiger partial charge in [0.1, 0.15) is 12.4 Å². The Kier molecular flexibility index (Phi) is 6.51. The van der Waals surface area contributed by atoms with Crippen LogP contribution in [0.1, 0.15) is 24.2 Å². The molecule has 0 aliphatic carbocycles. The highest BCUT2D eigenvalue weighted by Crippen LogP contribution is 2.18. The number of nitrogens with one attached hydrogen (secondary N) is 1. The highest BCUT2D eigenvalue weighted by atomic mass is 32.2. The zero-order chi connectivity index (χ0) is 18.4. The second-order valence-electron chi connectivity index (χ2n) is 6.29. The first kappa shape index (κ1) is 18.7. The molecule has 7 nitrogen and oxygen atoms in total. The van der Waals surface area contributed by atoms with Gasteiger partial charge in [0.15, 0.2) is 11.0 Å². The van der Waals surface area contributed by atoms with E-state index in [1.807, 2.05) is 42.8 Å². The van der Waals surface area contributed by atoms with E-state index in [2.05, 4.69) is 15.5 Å². The lowest BCUT2D eigenvalue weighted by atomic mass is 10.2. The molecular weight excluding hydrogens is 352 g/mol. The number of aryl methyl sites for hydroxylation is 1. The van der Waals surface area contributed by atoms with Gasteiger partial charge in [-0.1, -0.05) is 23.9 Å². The van der Waals surface area contributed by atoms with E-state index in [9.17, 15) is 4.79 Å². The highest BCUT2D eigenvalue weighted by Gasteiger charge is 2.17. The van der Waals surface area contributed by atoms with Crippen molar-refractivity contribution in [1.29, 1.82) is 0 Å². The summed E-state index contributed by atoms with van der Waals surface area (Å²) in [5, 5.41) is 11.9. The van der Waals surface area contributed by atoms with E-state index in [4.69, 9.17) is 9.47 Å². The molecule has 3 rings (SSSR count). The van der Waals surface area contributed by atoms with E-state index in [0.29, 0.717) is 29.9 Å². The topological polar surface area (TPSA) is 78.3 Å². The van der Waals surface area contributed by atoms with Crippen molar-refractivity contribution in [2.24, 2.45) is 7.05 Å². The van der Waals surface area contributed by atoms with Gasteiger partial charge in [-0.05, 0) is 37.5 Å². The molecule has 0 radical (unpaired) electrons. The summed E-state index contributed by atoms with van der Waals surface area (Å²) in [6.07, 6.45) is 2.24. The van der Waals surface area contributed by atoms with Crippen molar-refractivity contribution in [2.75, 3.05) is 18.9 Å². The van der Waals surface area contributed by atoms with Crippen LogP contribution in [0.5, 0.6) is 5.75 Å². The molecule has 2 aromatic rings. The molecule has 8 heteroatoms.